The van der Waals surface area contributed by atoms with E-state index < -0.39 is 6.04 Å². The molecule has 1 aromatic rings. The van der Waals surface area contributed by atoms with Gasteiger partial charge in [0.05, 0.1) is 6.04 Å². The number of aromatic nitrogens is 2. The van der Waals surface area contributed by atoms with Crippen molar-refractivity contribution in [2.45, 2.75) is 25.9 Å². The molecular weight excluding hydrogens is 222 g/mol. The second kappa shape index (κ2) is 5.62. The Bertz CT molecular complexity index is 377. The number of nitrogens with zero attached hydrogens (tertiary/aromatic N) is 3. The molecule has 1 aromatic heterocycles. The van der Waals surface area contributed by atoms with Gasteiger partial charge >= 0.3 is 6.01 Å². The first kappa shape index (κ1) is 13.4. The Morgan fingerprint density at radius 1 is 1.35 bits per heavy atom. The second-order valence-corrected chi connectivity index (χ2v) is 4.05. The molecular formula is C10H19N5O2. The molecule has 1 amide bonds. The predicted molar refractivity (Wildman–Crippen MR) is 63.6 cm³/mol. The minimum atomic E-state index is -0.400. The molecule has 0 radical (unpaired) electrons. The molecule has 2 atom stereocenters. The molecule has 0 saturated carbocycles. The maximum atomic E-state index is 11.6. The maximum Gasteiger partial charge on any atom is 0.316 e. The highest BCUT2D eigenvalue weighted by atomic mass is 16.4. The van der Waals surface area contributed by atoms with E-state index in [4.69, 9.17) is 4.42 Å². The summed E-state index contributed by atoms with van der Waals surface area (Å²) >= 11 is 0. The molecule has 0 saturated heterocycles. The summed E-state index contributed by atoms with van der Waals surface area (Å²) in [5.74, 6) is 0.436. The molecule has 1 heterocycles. The van der Waals surface area contributed by atoms with Crippen molar-refractivity contribution in [3.05, 3.63) is 5.89 Å². The van der Waals surface area contributed by atoms with E-state index >= 15 is 0 Å². The Kier molecular flexibility index (Phi) is 4.45. The lowest BCUT2D eigenvalue weighted by Crippen LogP contribution is -2.36. The lowest BCUT2D eigenvalue weighted by molar-refractivity contribution is -0.129. The zero-order chi connectivity index (χ0) is 13.0. The van der Waals surface area contributed by atoms with Crippen molar-refractivity contribution in [1.29, 1.82) is 0 Å². The fourth-order valence-corrected chi connectivity index (χ4v) is 1.23. The minimum absolute atomic E-state index is 0.0158. The normalized spacial score (nSPS) is 14.2. The molecule has 0 aliphatic rings. The van der Waals surface area contributed by atoms with Crippen molar-refractivity contribution in [1.82, 2.24) is 20.4 Å². The minimum Gasteiger partial charge on any atom is -0.406 e. The summed E-state index contributed by atoms with van der Waals surface area (Å²) in [6.45, 7) is 3.65. The Morgan fingerprint density at radius 3 is 2.53 bits per heavy atom. The maximum absolute atomic E-state index is 11.6. The number of hydrogen-bond acceptors (Lipinski definition) is 6. The SMILES string of the molecule is CNC(C)c1nnc(NC(C)C(=O)N(C)C)o1. The standard InChI is InChI=1S/C10H19N5O2/c1-6(11-3)8-13-14-10(17-8)12-7(2)9(16)15(4)5/h6-7,11H,1-5H3,(H,12,14). The number of carbonyl (C=O) groups is 1. The van der Waals surface area contributed by atoms with Crippen molar-refractivity contribution < 1.29 is 9.21 Å². The number of nitrogens with one attached hydrogen (secondary N) is 2. The summed E-state index contributed by atoms with van der Waals surface area (Å²) in [7, 11) is 5.20. The average Bonchev–Trinajstić information content (AvgIpc) is 2.75. The molecule has 2 unspecified atom stereocenters. The number of rotatable bonds is 5. The van der Waals surface area contributed by atoms with Crippen LogP contribution < -0.4 is 10.6 Å². The van der Waals surface area contributed by atoms with Crippen LogP contribution in [0.15, 0.2) is 4.42 Å². The van der Waals surface area contributed by atoms with Crippen LogP contribution in [0.25, 0.3) is 0 Å². The molecule has 0 aliphatic carbocycles. The Labute approximate surface area is 101 Å². The van der Waals surface area contributed by atoms with Crippen LogP contribution in [0.5, 0.6) is 0 Å². The second-order valence-electron chi connectivity index (χ2n) is 4.05. The lowest BCUT2D eigenvalue weighted by atomic mass is 10.3. The van der Waals surface area contributed by atoms with Crippen molar-refractivity contribution in [3.8, 4) is 0 Å². The predicted octanol–water partition coefficient (Wildman–Crippen LogP) is 0.239. The third-order valence-electron chi connectivity index (χ3n) is 2.40. The average molecular weight is 241 g/mol. The van der Waals surface area contributed by atoms with Gasteiger partial charge in [0.2, 0.25) is 11.8 Å². The first-order chi connectivity index (χ1) is 7.95. The number of hydrogen-bond donors (Lipinski definition) is 2. The Morgan fingerprint density at radius 2 is 2.00 bits per heavy atom. The fraction of sp³-hybridized carbons (Fsp3) is 0.700. The molecule has 0 spiro atoms. The van der Waals surface area contributed by atoms with Crippen molar-refractivity contribution in [3.63, 3.8) is 0 Å². The molecule has 7 heteroatoms. The molecule has 0 aromatic carbocycles. The van der Waals surface area contributed by atoms with Gasteiger partial charge in [-0.15, -0.1) is 5.10 Å². The van der Waals surface area contributed by atoms with Gasteiger partial charge in [-0.25, -0.2) is 0 Å². The van der Waals surface area contributed by atoms with E-state index in [9.17, 15) is 4.79 Å². The van der Waals surface area contributed by atoms with E-state index in [0.717, 1.165) is 0 Å². The van der Waals surface area contributed by atoms with Crippen LogP contribution in [0.3, 0.4) is 0 Å². The highest BCUT2D eigenvalue weighted by molar-refractivity contribution is 5.83. The van der Waals surface area contributed by atoms with Gasteiger partial charge in [-0.1, -0.05) is 5.10 Å². The van der Waals surface area contributed by atoms with Crippen LogP contribution in [-0.4, -0.2) is 48.2 Å². The summed E-state index contributed by atoms with van der Waals surface area (Å²) in [5, 5.41) is 13.6. The molecule has 0 bridgehead atoms. The summed E-state index contributed by atoms with van der Waals surface area (Å²) < 4.78 is 5.37. The molecule has 0 aliphatic heterocycles. The van der Waals surface area contributed by atoms with E-state index in [0.29, 0.717) is 5.89 Å². The van der Waals surface area contributed by atoms with E-state index in [2.05, 4.69) is 20.8 Å². The van der Waals surface area contributed by atoms with E-state index in [-0.39, 0.29) is 18.0 Å². The van der Waals surface area contributed by atoms with E-state index in [1.54, 1.807) is 28.1 Å². The van der Waals surface area contributed by atoms with Crippen LogP contribution in [0, 0.1) is 0 Å². The van der Waals surface area contributed by atoms with Gasteiger partial charge in [0, 0.05) is 14.1 Å². The van der Waals surface area contributed by atoms with E-state index in [1.807, 2.05) is 6.92 Å². The lowest BCUT2D eigenvalue weighted by Gasteiger charge is -2.16. The van der Waals surface area contributed by atoms with Crippen LogP contribution in [0.4, 0.5) is 6.01 Å². The number of amides is 1. The van der Waals surface area contributed by atoms with Crippen LogP contribution >= 0.6 is 0 Å². The zero-order valence-corrected chi connectivity index (χ0v) is 10.8. The molecule has 96 valence electrons. The van der Waals surface area contributed by atoms with Crippen molar-refractivity contribution in [2.75, 3.05) is 26.5 Å². The van der Waals surface area contributed by atoms with Gasteiger partial charge in [0.25, 0.3) is 0 Å². The molecule has 0 fully saturated rings. The number of likely N-dealkylation sites (N-methyl/N-ethyl adjacent to an activating group) is 1. The van der Waals surface area contributed by atoms with Crippen LogP contribution in [-0.2, 0) is 4.79 Å². The Balaban J connectivity index is 2.63. The van der Waals surface area contributed by atoms with Crippen molar-refractivity contribution >= 4 is 11.9 Å². The van der Waals surface area contributed by atoms with Gasteiger partial charge in [0.15, 0.2) is 0 Å². The largest absolute Gasteiger partial charge is 0.406 e. The summed E-state index contributed by atoms with van der Waals surface area (Å²) in [4.78, 5) is 13.1. The smallest absolute Gasteiger partial charge is 0.316 e. The van der Waals surface area contributed by atoms with Gasteiger partial charge in [0.1, 0.15) is 6.04 Å². The first-order valence-corrected chi connectivity index (χ1v) is 5.44. The third kappa shape index (κ3) is 3.42. The van der Waals surface area contributed by atoms with Gasteiger partial charge < -0.3 is 20.0 Å². The molecule has 1 rings (SSSR count). The number of carbonyl (C=O) groups excluding carboxylic acids is 1. The molecule has 2 N–H and O–H groups in total. The zero-order valence-electron chi connectivity index (χ0n) is 10.8. The van der Waals surface area contributed by atoms with E-state index in [1.165, 1.54) is 4.90 Å². The fourth-order valence-electron chi connectivity index (χ4n) is 1.23. The number of anilines is 1. The Hall–Kier alpha value is -1.63. The highest BCUT2D eigenvalue weighted by Crippen LogP contribution is 2.13. The van der Waals surface area contributed by atoms with Gasteiger partial charge in [-0.3, -0.25) is 4.79 Å². The molecule has 17 heavy (non-hydrogen) atoms. The summed E-state index contributed by atoms with van der Waals surface area (Å²) in [6.07, 6.45) is 0. The van der Waals surface area contributed by atoms with Gasteiger partial charge in [-0.2, -0.15) is 0 Å². The monoisotopic (exact) mass is 241 g/mol. The first-order valence-electron chi connectivity index (χ1n) is 5.44. The van der Waals surface area contributed by atoms with Crippen LogP contribution in [0.1, 0.15) is 25.8 Å². The molecule has 7 nitrogen and oxygen atoms in total. The van der Waals surface area contributed by atoms with Gasteiger partial charge in [-0.05, 0) is 20.9 Å². The summed E-state index contributed by atoms with van der Waals surface area (Å²) in [6, 6.07) is -0.161. The summed E-state index contributed by atoms with van der Waals surface area (Å²) in [5.41, 5.74) is 0. The third-order valence-corrected chi connectivity index (χ3v) is 2.40. The van der Waals surface area contributed by atoms with Crippen molar-refractivity contribution in [2.24, 2.45) is 0 Å². The quantitative estimate of drug-likeness (QED) is 0.768. The highest BCUT2D eigenvalue weighted by Gasteiger charge is 2.18. The topological polar surface area (TPSA) is 83.3 Å². The van der Waals surface area contributed by atoms with Crippen LogP contribution in [0.2, 0.25) is 0 Å².